The van der Waals surface area contributed by atoms with Gasteiger partial charge in [-0.25, -0.2) is 4.39 Å². The Balaban J connectivity index is 1.44. The van der Waals surface area contributed by atoms with E-state index < -0.39 is 5.82 Å². The van der Waals surface area contributed by atoms with Gasteiger partial charge in [-0.3, -0.25) is 9.69 Å². The Hall–Kier alpha value is -2.40. The fourth-order valence-corrected chi connectivity index (χ4v) is 2.79. The molecule has 3 rings (SSSR count). The molecular formula is C19H21FN2O2. The summed E-state index contributed by atoms with van der Waals surface area (Å²) in [6.07, 6.45) is 0. The largest absolute Gasteiger partial charge is 0.481 e. The van der Waals surface area contributed by atoms with Gasteiger partial charge in [0.25, 0.3) is 5.91 Å². The first-order valence-corrected chi connectivity index (χ1v) is 8.14. The number of amides is 1. The highest BCUT2D eigenvalue weighted by atomic mass is 19.1. The molecule has 24 heavy (non-hydrogen) atoms. The van der Waals surface area contributed by atoms with Crippen LogP contribution in [0.25, 0.3) is 0 Å². The average molecular weight is 328 g/mol. The second kappa shape index (κ2) is 7.93. The smallest absolute Gasteiger partial charge is 0.260 e. The van der Waals surface area contributed by atoms with Gasteiger partial charge in [-0.05, 0) is 17.7 Å². The third-order valence-corrected chi connectivity index (χ3v) is 4.16. The van der Waals surface area contributed by atoms with Gasteiger partial charge in [-0.1, -0.05) is 42.5 Å². The molecule has 1 aliphatic rings. The van der Waals surface area contributed by atoms with Crippen molar-refractivity contribution in [3.63, 3.8) is 0 Å². The Kier molecular flexibility index (Phi) is 5.43. The molecule has 1 heterocycles. The number of benzene rings is 2. The van der Waals surface area contributed by atoms with Crippen LogP contribution < -0.4 is 4.74 Å². The van der Waals surface area contributed by atoms with Crippen LogP contribution in [0.5, 0.6) is 5.75 Å². The molecule has 2 aromatic carbocycles. The lowest BCUT2D eigenvalue weighted by Gasteiger charge is -2.34. The van der Waals surface area contributed by atoms with Crippen LogP contribution in [0, 0.1) is 5.82 Å². The second-order valence-electron chi connectivity index (χ2n) is 5.86. The van der Waals surface area contributed by atoms with Crippen LogP contribution in [-0.2, 0) is 11.3 Å². The van der Waals surface area contributed by atoms with Crippen LogP contribution in [0.1, 0.15) is 5.56 Å². The normalized spacial score (nSPS) is 15.3. The monoisotopic (exact) mass is 328 g/mol. The molecule has 1 amide bonds. The highest BCUT2D eigenvalue weighted by molar-refractivity contribution is 5.77. The number of rotatable bonds is 5. The molecule has 0 aromatic heterocycles. The fraction of sp³-hybridized carbons (Fsp3) is 0.316. The van der Waals surface area contributed by atoms with Gasteiger partial charge in [0.15, 0.2) is 18.2 Å². The molecule has 0 N–H and O–H groups in total. The summed E-state index contributed by atoms with van der Waals surface area (Å²) in [5, 5.41) is 0. The first kappa shape index (κ1) is 16.5. The maximum atomic E-state index is 13.5. The molecule has 126 valence electrons. The molecular weight excluding hydrogens is 307 g/mol. The van der Waals surface area contributed by atoms with Crippen molar-refractivity contribution in [2.75, 3.05) is 32.8 Å². The molecule has 4 nitrogen and oxygen atoms in total. The van der Waals surface area contributed by atoms with Crippen molar-refractivity contribution >= 4 is 5.91 Å². The van der Waals surface area contributed by atoms with E-state index in [0.29, 0.717) is 13.1 Å². The van der Waals surface area contributed by atoms with E-state index >= 15 is 0 Å². The van der Waals surface area contributed by atoms with Gasteiger partial charge in [0.2, 0.25) is 0 Å². The predicted octanol–water partition coefficient (Wildman–Crippen LogP) is 2.55. The summed E-state index contributed by atoms with van der Waals surface area (Å²) in [5.74, 6) is -0.427. The zero-order chi connectivity index (χ0) is 16.8. The number of halogens is 1. The number of nitrogens with zero attached hydrogens (tertiary/aromatic N) is 2. The van der Waals surface area contributed by atoms with Gasteiger partial charge >= 0.3 is 0 Å². The summed E-state index contributed by atoms with van der Waals surface area (Å²) < 4.78 is 18.8. The summed E-state index contributed by atoms with van der Waals surface area (Å²) in [5.41, 5.74) is 1.28. The van der Waals surface area contributed by atoms with Gasteiger partial charge in [0.1, 0.15) is 0 Å². The Morgan fingerprint density at radius 2 is 1.62 bits per heavy atom. The zero-order valence-corrected chi connectivity index (χ0v) is 13.5. The zero-order valence-electron chi connectivity index (χ0n) is 13.5. The lowest BCUT2D eigenvalue weighted by molar-refractivity contribution is -0.135. The summed E-state index contributed by atoms with van der Waals surface area (Å²) in [4.78, 5) is 16.3. The molecule has 1 saturated heterocycles. The van der Waals surface area contributed by atoms with E-state index in [1.807, 2.05) is 18.2 Å². The van der Waals surface area contributed by atoms with E-state index in [1.165, 1.54) is 17.7 Å². The third-order valence-electron chi connectivity index (χ3n) is 4.16. The maximum absolute atomic E-state index is 13.5. The SMILES string of the molecule is O=C(COc1ccccc1F)N1CCN(Cc2ccccc2)CC1. The number of hydrogen-bond acceptors (Lipinski definition) is 3. The highest BCUT2D eigenvalue weighted by Crippen LogP contribution is 2.15. The van der Waals surface area contributed by atoms with E-state index in [-0.39, 0.29) is 18.3 Å². The topological polar surface area (TPSA) is 32.8 Å². The molecule has 0 bridgehead atoms. The van der Waals surface area contributed by atoms with E-state index in [4.69, 9.17) is 4.74 Å². The molecule has 0 radical (unpaired) electrons. The molecule has 0 unspecified atom stereocenters. The van der Waals surface area contributed by atoms with Gasteiger partial charge in [0.05, 0.1) is 0 Å². The fourth-order valence-electron chi connectivity index (χ4n) is 2.79. The van der Waals surface area contributed by atoms with Gasteiger partial charge in [0, 0.05) is 32.7 Å². The van der Waals surface area contributed by atoms with Crippen LogP contribution in [0.4, 0.5) is 4.39 Å². The number of para-hydroxylation sites is 1. The van der Waals surface area contributed by atoms with Gasteiger partial charge < -0.3 is 9.64 Å². The van der Waals surface area contributed by atoms with Crippen LogP contribution in [-0.4, -0.2) is 48.5 Å². The maximum Gasteiger partial charge on any atom is 0.260 e. The molecule has 0 saturated carbocycles. The van der Waals surface area contributed by atoms with Gasteiger partial charge in [-0.15, -0.1) is 0 Å². The number of carbonyl (C=O) groups excluding carboxylic acids is 1. The Morgan fingerprint density at radius 3 is 2.33 bits per heavy atom. The van der Waals surface area contributed by atoms with Crippen LogP contribution in [0.15, 0.2) is 54.6 Å². The average Bonchev–Trinajstić information content (AvgIpc) is 2.62. The standard InChI is InChI=1S/C19H21FN2O2/c20-17-8-4-5-9-18(17)24-15-19(23)22-12-10-21(11-13-22)14-16-6-2-1-3-7-16/h1-9H,10-15H2. The first-order chi connectivity index (χ1) is 11.7. The number of hydrogen-bond donors (Lipinski definition) is 0. The lowest BCUT2D eigenvalue weighted by Crippen LogP contribution is -2.49. The molecule has 0 spiro atoms. The Labute approximate surface area is 141 Å². The minimum Gasteiger partial charge on any atom is -0.481 e. The number of ether oxygens (including phenoxy) is 1. The van der Waals surface area contributed by atoms with Crippen molar-refractivity contribution in [3.05, 3.63) is 66.0 Å². The summed E-state index contributed by atoms with van der Waals surface area (Å²) >= 11 is 0. The Morgan fingerprint density at radius 1 is 0.958 bits per heavy atom. The second-order valence-corrected chi connectivity index (χ2v) is 5.86. The van der Waals surface area contributed by atoms with Crippen LogP contribution >= 0.6 is 0 Å². The minimum absolute atomic E-state index is 0.0994. The molecule has 1 fully saturated rings. The van der Waals surface area contributed by atoms with Crippen molar-refractivity contribution in [3.8, 4) is 5.75 Å². The van der Waals surface area contributed by atoms with Crippen molar-refractivity contribution < 1.29 is 13.9 Å². The highest BCUT2D eigenvalue weighted by Gasteiger charge is 2.21. The predicted molar refractivity (Wildman–Crippen MR) is 90.2 cm³/mol. The minimum atomic E-state index is -0.446. The van der Waals surface area contributed by atoms with Crippen molar-refractivity contribution in [2.24, 2.45) is 0 Å². The molecule has 5 heteroatoms. The molecule has 0 atom stereocenters. The molecule has 2 aromatic rings. The van der Waals surface area contributed by atoms with E-state index in [2.05, 4.69) is 17.0 Å². The lowest BCUT2D eigenvalue weighted by atomic mass is 10.2. The van der Waals surface area contributed by atoms with Gasteiger partial charge in [-0.2, -0.15) is 0 Å². The summed E-state index contributed by atoms with van der Waals surface area (Å²) in [6, 6.07) is 16.4. The summed E-state index contributed by atoms with van der Waals surface area (Å²) in [7, 11) is 0. The van der Waals surface area contributed by atoms with Crippen molar-refractivity contribution in [2.45, 2.75) is 6.54 Å². The van der Waals surface area contributed by atoms with Crippen LogP contribution in [0.2, 0.25) is 0 Å². The third kappa shape index (κ3) is 4.32. The van der Waals surface area contributed by atoms with E-state index in [0.717, 1.165) is 19.6 Å². The molecule has 0 aliphatic carbocycles. The van der Waals surface area contributed by atoms with Crippen LogP contribution in [0.3, 0.4) is 0 Å². The van der Waals surface area contributed by atoms with Crippen molar-refractivity contribution in [1.82, 2.24) is 9.80 Å². The quantitative estimate of drug-likeness (QED) is 0.846. The van der Waals surface area contributed by atoms with Crippen molar-refractivity contribution in [1.29, 1.82) is 0 Å². The molecule has 1 aliphatic heterocycles. The Bertz CT molecular complexity index is 670. The summed E-state index contributed by atoms with van der Waals surface area (Å²) in [6.45, 7) is 3.79. The first-order valence-electron chi connectivity index (χ1n) is 8.14. The van der Waals surface area contributed by atoms with E-state index in [1.54, 1.807) is 17.0 Å². The van der Waals surface area contributed by atoms with E-state index in [9.17, 15) is 9.18 Å². The number of piperazine rings is 1. The number of carbonyl (C=O) groups is 1.